The molecule has 1 heterocycles. The maximum Gasteiger partial charge on any atom is 0.124 e. The third-order valence-corrected chi connectivity index (χ3v) is 3.28. The fraction of sp³-hybridized carbons (Fsp3) is 0.333. The van der Waals surface area contributed by atoms with E-state index in [9.17, 15) is 0 Å². The zero-order chi connectivity index (χ0) is 14.4. The van der Waals surface area contributed by atoms with E-state index in [1.54, 1.807) is 19.5 Å². The lowest BCUT2D eigenvalue weighted by atomic mass is 9.99. The van der Waals surface area contributed by atoms with Gasteiger partial charge in [0, 0.05) is 16.8 Å². The molecule has 0 aliphatic heterocycles. The molecule has 0 spiro atoms. The van der Waals surface area contributed by atoms with Crippen molar-refractivity contribution in [3.8, 4) is 5.75 Å². The van der Waals surface area contributed by atoms with E-state index in [-0.39, 0.29) is 6.04 Å². The minimum atomic E-state index is -0.0147. The van der Waals surface area contributed by atoms with E-state index in [0.29, 0.717) is 5.02 Å². The van der Waals surface area contributed by atoms with Gasteiger partial charge in [-0.25, -0.2) is 0 Å². The first-order valence-electron chi connectivity index (χ1n) is 6.59. The second kappa shape index (κ2) is 7.22. The fourth-order valence-electron chi connectivity index (χ4n) is 2.10. The van der Waals surface area contributed by atoms with Crippen LogP contribution in [0.3, 0.4) is 0 Å². The fourth-order valence-corrected chi connectivity index (χ4v) is 2.28. The van der Waals surface area contributed by atoms with Gasteiger partial charge in [-0.2, -0.15) is 10.2 Å². The second-order valence-corrected chi connectivity index (χ2v) is 4.89. The second-order valence-electron chi connectivity index (χ2n) is 4.45. The lowest BCUT2D eigenvalue weighted by Crippen LogP contribution is -2.24. The highest BCUT2D eigenvalue weighted by Crippen LogP contribution is 2.31. The van der Waals surface area contributed by atoms with Crippen LogP contribution in [0.25, 0.3) is 0 Å². The van der Waals surface area contributed by atoms with Gasteiger partial charge in [-0.15, -0.1) is 0 Å². The number of hydrogen-bond donors (Lipinski definition) is 1. The highest BCUT2D eigenvalue weighted by Gasteiger charge is 2.18. The van der Waals surface area contributed by atoms with Gasteiger partial charge in [0.15, 0.2) is 0 Å². The molecule has 0 radical (unpaired) electrons. The number of methoxy groups -OCH3 is 1. The van der Waals surface area contributed by atoms with Gasteiger partial charge in [0.25, 0.3) is 0 Å². The third kappa shape index (κ3) is 3.46. The molecule has 0 aliphatic carbocycles. The Morgan fingerprint density at radius 1 is 1.30 bits per heavy atom. The molecule has 0 saturated carbocycles. The minimum Gasteiger partial charge on any atom is -0.496 e. The summed E-state index contributed by atoms with van der Waals surface area (Å²) in [6, 6.07) is 7.56. The van der Waals surface area contributed by atoms with Crippen molar-refractivity contribution in [2.75, 3.05) is 13.7 Å². The molecule has 1 unspecified atom stereocenters. The molecule has 2 rings (SSSR count). The number of hydrogen-bond acceptors (Lipinski definition) is 4. The van der Waals surface area contributed by atoms with Crippen LogP contribution in [0.2, 0.25) is 5.02 Å². The Morgan fingerprint density at radius 3 is 2.80 bits per heavy atom. The molecule has 1 N–H and O–H groups in total. The van der Waals surface area contributed by atoms with Crippen molar-refractivity contribution in [3.05, 3.63) is 52.8 Å². The SMILES string of the molecule is CCCNC(c1ccnnc1)c1cc(Cl)ccc1OC. The average molecular weight is 292 g/mol. The van der Waals surface area contributed by atoms with Gasteiger partial charge >= 0.3 is 0 Å². The van der Waals surface area contributed by atoms with Crippen molar-refractivity contribution in [2.24, 2.45) is 0 Å². The third-order valence-electron chi connectivity index (χ3n) is 3.04. The summed E-state index contributed by atoms with van der Waals surface area (Å²) >= 11 is 6.13. The molecule has 2 aromatic rings. The number of nitrogens with one attached hydrogen (secondary N) is 1. The first-order chi connectivity index (χ1) is 9.76. The summed E-state index contributed by atoms with van der Waals surface area (Å²) < 4.78 is 5.45. The van der Waals surface area contributed by atoms with Crippen LogP contribution < -0.4 is 10.1 Å². The summed E-state index contributed by atoms with van der Waals surface area (Å²) in [7, 11) is 1.66. The Balaban J connectivity index is 2.43. The van der Waals surface area contributed by atoms with E-state index in [1.807, 2.05) is 24.3 Å². The predicted molar refractivity (Wildman–Crippen MR) is 80.2 cm³/mol. The molecule has 0 amide bonds. The Kier molecular flexibility index (Phi) is 5.32. The molecular weight excluding hydrogens is 274 g/mol. The Morgan fingerprint density at radius 2 is 2.15 bits per heavy atom. The van der Waals surface area contributed by atoms with Crippen LogP contribution in [0.1, 0.15) is 30.5 Å². The summed E-state index contributed by atoms with van der Waals surface area (Å²) in [5, 5.41) is 12.0. The lowest BCUT2D eigenvalue weighted by molar-refractivity contribution is 0.403. The summed E-state index contributed by atoms with van der Waals surface area (Å²) in [4.78, 5) is 0. The van der Waals surface area contributed by atoms with E-state index in [4.69, 9.17) is 16.3 Å². The normalized spacial score (nSPS) is 12.2. The van der Waals surface area contributed by atoms with E-state index < -0.39 is 0 Å². The van der Waals surface area contributed by atoms with Crippen LogP contribution in [0.15, 0.2) is 36.7 Å². The zero-order valence-electron chi connectivity index (χ0n) is 11.6. The van der Waals surface area contributed by atoms with E-state index >= 15 is 0 Å². The maximum absolute atomic E-state index is 6.13. The standard InChI is InChI=1S/C15H18ClN3O/c1-3-7-17-15(11-6-8-18-19-10-11)13-9-12(16)4-5-14(13)20-2/h4-6,8-10,15,17H,3,7H2,1-2H3. The van der Waals surface area contributed by atoms with Crippen LogP contribution in [-0.2, 0) is 0 Å². The molecule has 1 aromatic heterocycles. The molecule has 0 fully saturated rings. The molecule has 5 heteroatoms. The molecule has 0 aliphatic rings. The summed E-state index contributed by atoms with van der Waals surface area (Å²) in [5.41, 5.74) is 2.04. The quantitative estimate of drug-likeness (QED) is 0.888. The number of aromatic nitrogens is 2. The molecule has 106 valence electrons. The lowest BCUT2D eigenvalue weighted by Gasteiger charge is -2.21. The van der Waals surface area contributed by atoms with Gasteiger partial charge in [0.2, 0.25) is 0 Å². The maximum atomic E-state index is 6.13. The highest BCUT2D eigenvalue weighted by atomic mass is 35.5. The average Bonchev–Trinajstić information content (AvgIpc) is 2.49. The molecule has 0 bridgehead atoms. The van der Waals surface area contributed by atoms with Gasteiger partial charge in [0.1, 0.15) is 5.75 Å². The van der Waals surface area contributed by atoms with Crippen molar-refractivity contribution in [3.63, 3.8) is 0 Å². The first kappa shape index (κ1) is 14.8. The van der Waals surface area contributed by atoms with Crippen molar-refractivity contribution < 1.29 is 4.74 Å². The van der Waals surface area contributed by atoms with E-state index in [2.05, 4.69) is 22.4 Å². The van der Waals surface area contributed by atoms with Crippen LogP contribution in [-0.4, -0.2) is 23.9 Å². The number of benzene rings is 1. The zero-order valence-corrected chi connectivity index (χ0v) is 12.4. The van der Waals surface area contributed by atoms with Crippen LogP contribution in [0, 0.1) is 0 Å². The molecule has 4 nitrogen and oxygen atoms in total. The predicted octanol–water partition coefficient (Wildman–Crippen LogP) is 3.23. The Bertz CT molecular complexity index is 548. The summed E-state index contributed by atoms with van der Waals surface area (Å²) in [6.07, 6.45) is 4.48. The minimum absolute atomic E-state index is 0.0147. The molecule has 0 saturated heterocycles. The van der Waals surface area contributed by atoms with Crippen LogP contribution in [0.5, 0.6) is 5.75 Å². The van der Waals surface area contributed by atoms with Crippen molar-refractivity contribution in [1.82, 2.24) is 15.5 Å². The van der Waals surface area contributed by atoms with Gasteiger partial charge in [-0.1, -0.05) is 18.5 Å². The topological polar surface area (TPSA) is 47.0 Å². The number of rotatable bonds is 6. The number of nitrogens with zero attached hydrogens (tertiary/aromatic N) is 2. The van der Waals surface area contributed by atoms with Gasteiger partial charge in [0.05, 0.1) is 19.3 Å². The van der Waals surface area contributed by atoms with Crippen molar-refractivity contribution >= 4 is 11.6 Å². The monoisotopic (exact) mass is 291 g/mol. The van der Waals surface area contributed by atoms with Gasteiger partial charge < -0.3 is 10.1 Å². The van der Waals surface area contributed by atoms with Gasteiger partial charge in [-0.05, 0) is 42.8 Å². The smallest absolute Gasteiger partial charge is 0.124 e. The Hall–Kier alpha value is -1.65. The molecule has 1 atom stereocenters. The summed E-state index contributed by atoms with van der Waals surface area (Å²) in [6.45, 7) is 3.02. The number of ether oxygens (including phenoxy) is 1. The molecule has 20 heavy (non-hydrogen) atoms. The van der Waals surface area contributed by atoms with E-state index in [0.717, 1.165) is 29.8 Å². The molecule has 1 aromatic carbocycles. The van der Waals surface area contributed by atoms with Crippen molar-refractivity contribution in [2.45, 2.75) is 19.4 Å². The number of halogens is 1. The largest absolute Gasteiger partial charge is 0.496 e. The highest BCUT2D eigenvalue weighted by molar-refractivity contribution is 6.30. The molecular formula is C15H18ClN3O. The van der Waals surface area contributed by atoms with Crippen molar-refractivity contribution in [1.29, 1.82) is 0 Å². The van der Waals surface area contributed by atoms with Crippen LogP contribution in [0.4, 0.5) is 0 Å². The first-order valence-corrected chi connectivity index (χ1v) is 6.97. The van der Waals surface area contributed by atoms with Crippen LogP contribution >= 0.6 is 11.6 Å². The van der Waals surface area contributed by atoms with E-state index in [1.165, 1.54) is 0 Å². The Labute approximate surface area is 124 Å². The van der Waals surface area contributed by atoms with Gasteiger partial charge in [-0.3, -0.25) is 0 Å². The summed E-state index contributed by atoms with van der Waals surface area (Å²) in [5.74, 6) is 0.805.